The third-order valence-electron chi connectivity index (χ3n) is 8.77. The van der Waals surface area contributed by atoms with Crippen LogP contribution in [-0.4, -0.2) is 13.1 Å². The smallest absolute Gasteiger partial charge is 0.338 e. The Morgan fingerprint density at radius 2 is 0.860 bits per heavy atom. The number of rotatable bonds is 4. The molecule has 6 aliphatic carbocycles. The monoisotopic (exact) mass is 564 g/mol. The van der Waals surface area contributed by atoms with Crippen molar-refractivity contribution in [2.45, 2.75) is 58.3 Å². The second kappa shape index (κ2) is 10.7. The average Bonchev–Trinajstić information content (AvgIpc) is 3.34. The Balaban J connectivity index is 1.77. The number of fused-ring (bicyclic) bond motifs is 3. The Hall–Kier alpha value is -4.43. The molecule has 0 saturated heterocycles. The lowest BCUT2D eigenvalue weighted by atomic mass is 9.82. The van der Waals surface area contributed by atoms with Crippen molar-refractivity contribution in [2.75, 3.05) is 7.11 Å². The topological polar surface area (TPSA) is 26.3 Å². The van der Waals surface area contributed by atoms with E-state index in [2.05, 4.69) is 133 Å². The lowest BCUT2D eigenvalue weighted by Crippen LogP contribution is -2.10. The van der Waals surface area contributed by atoms with Gasteiger partial charge in [-0.05, 0) is 78.1 Å². The number of esters is 1. The Kier molecular flexibility index (Phi) is 7.13. The van der Waals surface area contributed by atoms with Crippen molar-refractivity contribution in [1.29, 1.82) is 0 Å². The summed E-state index contributed by atoms with van der Waals surface area (Å²) in [6.07, 6.45) is 0. The second-order valence-corrected chi connectivity index (χ2v) is 13.7. The van der Waals surface area contributed by atoms with Crippen molar-refractivity contribution >= 4 is 5.97 Å². The van der Waals surface area contributed by atoms with Crippen LogP contribution in [0.5, 0.6) is 0 Å². The van der Waals surface area contributed by atoms with Crippen molar-refractivity contribution in [3.63, 3.8) is 0 Å². The molecule has 0 unspecified atom stereocenters. The predicted molar refractivity (Wildman–Crippen MR) is 179 cm³/mol. The van der Waals surface area contributed by atoms with Gasteiger partial charge >= 0.3 is 5.97 Å². The van der Waals surface area contributed by atoms with Gasteiger partial charge in [-0.1, -0.05) is 145 Å². The molecule has 0 aromatic heterocycles. The minimum absolute atomic E-state index is 0.0514. The average molecular weight is 565 g/mol. The van der Waals surface area contributed by atoms with E-state index in [-0.39, 0.29) is 22.7 Å². The molecule has 0 saturated carbocycles. The molecule has 0 spiro atoms. The molecule has 0 aromatic rings. The van der Waals surface area contributed by atoms with Crippen LogP contribution < -0.4 is 0 Å². The maximum atomic E-state index is 13.2. The van der Waals surface area contributed by atoms with Gasteiger partial charge < -0.3 is 4.74 Å². The summed E-state index contributed by atoms with van der Waals surface area (Å²) >= 11 is 0. The molecule has 216 valence electrons. The van der Waals surface area contributed by atoms with E-state index in [0.29, 0.717) is 5.56 Å². The van der Waals surface area contributed by atoms with Crippen LogP contribution in [0.1, 0.15) is 85.6 Å². The van der Waals surface area contributed by atoms with E-state index in [4.69, 9.17) is 4.74 Å². The van der Waals surface area contributed by atoms with Gasteiger partial charge in [0.05, 0.1) is 12.7 Å². The van der Waals surface area contributed by atoms with E-state index in [1.165, 1.54) is 51.6 Å². The quantitative estimate of drug-likeness (QED) is 0.199. The molecule has 0 N–H and O–H groups in total. The van der Waals surface area contributed by atoms with E-state index in [1.807, 2.05) is 18.2 Å². The number of methoxy groups -OCH3 is 1. The van der Waals surface area contributed by atoms with Gasteiger partial charge in [-0.15, -0.1) is 0 Å². The van der Waals surface area contributed by atoms with Gasteiger partial charge in [0.2, 0.25) is 0 Å². The predicted octanol–water partition coefficient (Wildman–Crippen LogP) is 10.6. The minimum atomic E-state index is -0.315. The third-order valence-corrected chi connectivity index (χ3v) is 8.77. The fourth-order valence-electron chi connectivity index (χ4n) is 6.77. The Morgan fingerprint density at radius 1 is 0.512 bits per heavy atom. The molecular weight excluding hydrogens is 524 g/mol. The number of carbonyl (C=O) groups excluding carboxylic acids is 1. The summed E-state index contributed by atoms with van der Waals surface area (Å²) in [6.45, 7) is 13.7. The van der Waals surface area contributed by atoms with Crippen LogP contribution in [0.25, 0.3) is 33.4 Å². The summed E-state index contributed by atoms with van der Waals surface area (Å²) in [5.74, 6) is -0.435. The Labute approximate surface area is 256 Å². The summed E-state index contributed by atoms with van der Waals surface area (Å²) in [7, 11) is 1.46. The first-order valence-electron chi connectivity index (χ1n) is 15.1. The SMILES string of the molecule is COC(=O)c1cc(C(c2cc(C(C)(C)C)c3cccccc2-3)c2cc(C(C)(C)C)c3cccccc2-3)c2cccccc1-2. The largest absolute Gasteiger partial charge is 0.465 e. The maximum Gasteiger partial charge on any atom is 0.338 e. The van der Waals surface area contributed by atoms with Crippen LogP contribution in [0, 0.1) is 0 Å². The maximum absolute atomic E-state index is 13.2. The molecule has 6 rings (SSSR count). The number of ether oxygens (including phenoxy) is 1. The summed E-state index contributed by atoms with van der Waals surface area (Å²) in [5, 5.41) is 0. The molecule has 6 aliphatic rings. The second-order valence-electron chi connectivity index (χ2n) is 13.7. The number of hydrogen-bond acceptors (Lipinski definition) is 2. The molecule has 0 aromatic carbocycles. The zero-order valence-corrected chi connectivity index (χ0v) is 26.3. The van der Waals surface area contributed by atoms with Gasteiger partial charge in [-0.3, -0.25) is 0 Å². The highest BCUT2D eigenvalue weighted by Gasteiger charge is 2.36. The first kappa shape index (κ1) is 28.7. The van der Waals surface area contributed by atoms with Gasteiger partial charge in [0.15, 0.2) is 0 Å². The Bertz CT molecular complexity index is 1750. The van der Waals surface area contributed by atoms with Crippen molar-refractivity contribution in [3.05, 3.63) is 143 Å². The van der Waals surface area contributed by atoms with E-state index < -0.39 is 0 Å². The van der Waals surface area contributed by atoms with Crippen molar-refractivity contribution in [1.82, 2.24) is 0 Å². The van der Waals surface area contributed by atoms with Crippen LogP contribution in [0.2, 0.25) is 0 Å². The minimum Gasteiger partial charge on any atom is -0.465 e. The van der Waals surface area contributed by atoms with Crippen LogP contribution >= 0.6 is 0 Å². The van der Waals surface area contributed by atoms with Gasteiger partial charge in [0, 0.05) is 5.92 Å². The first-order chi connectivity index (χ1) is 20.5. The summed E-state index contributed by atoms with van der Waals surface area (Å²) < 4.78 is 5.30. The van der Waals surface area contributed by atoms with Gasteiger partial charge in [0.25, 0.3) is 0 Å². The molecule has 0 fully saturated rings. The van der Waals surface area contributed by atoms with Gasteiger partial charge in [-0.2, -0.15) is 0 Å². The standard InChI is InChI=1S/C41H40O2/c1-40(2,3)36-24-33(28-19-13-9-15-21-30(28)36)38(32-23-35(39(42)43-7)27-18-12-8-11-17-26(27)32)34-25-37(41(4,5)6)31-22-16-10-14-20-29(31)34/h8-25,38H,1-7H3. The highest BCUT2D eigenvalue weighted by atomic mass is 16.5. The molecule has 0 heterocycles. The van der Waals surface area contributed by atoms with Gasteiger partial charge in [0.1, 0.15) is 0 Å². The highest BCUT2D eigenvalue weighted by Crippen LogP contribution is 2.52. The van der Waals surface area contributed by atoms with Crippen LogP contribution in [0.3, 0.4) is 0 Å². The molecule has 0 bridgehead atoms. The summed E-state index contributed by atoms with van der Waals surface area (Å²) in [6, 6.07) is 39.0. The highest BCUT2D eigenvalue weighted by molar-refractivity contribution is 6.01. The molecule has 0 atom stereocenters. The molecule has 43 heavy (non-hydrogen) atoms. The lowest BCUT2D eigenvalue weighted by molar-refractivity contribution is 0.0602. The van der Waals surface area contributed by atoms with E-state index >= 15 is 0 Å². The van der Waals surface area contributed by atoms with Crippen LogP contribution in [0.4, 0.5) is 0 Å². The number of hydrogen-bond donors (Lipinski definition) is 0. The van der Waals surface area contributed by atoms with E-state index in [1.54, 1.807) is 0 Å². The normalized spacial score (nSPS) is 12.4. The van der Waals surface area contributed by atoms with Crippen LogP contribution in [-0.2, 0) is 15.6 Å². The third kappa shape index (κ3) is 4.99. The fourth-order valence-corrected chi connectivity index (χ4v) is 6.77. The zero-order valence-electron chi connectivity index (χ0n) is 26.3. The molecule has 2 nitrogen and oxygen atoms in total. The van der Waals surface area contributed by atoms with Crippen molar-refractivity contribution < 1.29 is 9.53 Å². The fraction of sp³-hybridized carbons (Fsp3) is 0.244. The number of carbonyl (C=O) groups is 1. The van der Waals surface area contributed by atoms with Crippen LogP contribution in [0.15, 0.2) is 109 Å². The first-order valence-corrected chi connectivity index (χ1v) is 15.1. The molecule has 0 radical (unpaired) electrons. The van der Waals surface area contributed by atoms with Gasteiger partial charge in [-0.25, -0.2) is 4.79 Å². The van der Waals surface area contributed by atoms with E-state index in [9.17, 15) is 4.79 Å². The molecule has 2 heteroatoms. The Morgan fingerprint density at radius 3 is 1.26 bits per heavy atom. The van der Waals surface area contributed by atoms with Crippen molar-refractivity contribution in [2.24, 2.45) is 0 Å². The molecule has 0 aliphatic heterocycles. The summed E-state index contributed by atoms with van der Waals surface area (Å²) in [4.78, 5) is 13.2. The molecule has 0 amide bonds. The van der Waals surface area contributed by atoms with Crippen molar-refractivity contribution in [3.8, 4) is 33.4 Å². The molecular formula is C41H40O2. The lowest BCUT2D eigenvalue weighted by Gasteiger charge is -2.20. The van der Waals surface area contributed by atoms with E-state index in [0.717, 1.165) is 16.7 Å². The zero-order chi connectivity index (χ0) is 30.5. The summed E-state index contributed by atoms with van der Waals surface area (Å²) in [5.41, 5.74) is 13.8.